The van der Waals surface area contributed by atoms with Gasteiger partial charge in [-0.1, -0.05) is 24.7 Å². The number of hydrogen-bond acceptors (Lipinski definition) is 7. The number of nitrogen functional groups attached to an aromatic ring is 1. The third kappa shape index (κ3) is 2.87. The summed E-state index contributed by atoms with van der Waals surface area (Å²) < 4.78 is 13.4. The Bertz CT molecular complexity index is 842. The molecule has 3 N–H and O–H groups in total. The number of ether oxygens (including phenoxy) is 2. The molecule has 0 spiro atoms. The Morgan fingerprint density at radius 2 is 2.29 bits per heavy atom. The van der Waals surface area contributed by atoms with Crippen LogP contribution in [0.15, 0.2) is 9.59 Å². The van der Waals surface area contributed by atoms with Gasteiger partial charge in [0.15, 0.2) is 5.65 Å². The molecule has 1 saturated heterocycles. The highest BCUT2D eigenvalue weighted by Gasteiger charge is 2.41. The number of rotatable bonds is 5. The molecule has 4 atom stereocenters. The van der Waals surface area contributed by atoms with Crippen molar-refractivity contribution in [1.82, 2.24) is 14.5 Å². The Morgan fingerprint density at radius 1 is 1.54 bits per heavy atom. The van der Waals surface area contributed by atoms with Crippen LogP contribution in [0.4, 0.5) is 5.95 Å². The first-order valence-electron chi connectivity index (χ1n) is 8.05. The summed E-state index contributed by atoms with van der Waals surface area (Å²) in [5.74, 6) is -0.0112. The average molecular weight is 354 g/mol. The third-order valence-electron chi connectivity index (χ3n) is 4.56. The molecule has 0 aromatic carbocycles. The van der Waals surface area contributed by atoms with Gasteiger partial charge in [-0.25, -0.2) is 0 Å². The standard InChI is InChI=1S/C15H22N4O4S/c1-4-5-8-6-9(7(2)22-3)13(23-8)19-11-10(24-15(19)21)12(20)18-14(16)17-11/h7-9,13H,4-6H2,1-3H3,(H3,16,17,18,20). The number of hydrogen-bond donors (Lipinski definition) is 2. The largest absolute Gasteiger partial charge is 0.381 e. The Morgan fingerprint density at radius 3 is 2.96 bits per heavy atom. The van der Waals surface area contributed by atoms with Crippen LogP contribution < -0.4 is 16.2 Å². The van der Waals surface area contributed by atoms with Crippen molar-refractivity contribution in [2.45, 2.75) is 51.5 Å². The van der Waals surface area contributed by atoms with E-state index in [1.807, 2.05) is 6.92 Å². The van der Waals surface area contributed by atoms with Crippen molar-refractivity contribution in [3.05, 3.63) is 20.0 Å². The van der Waals surface area contributed by atoms with Gasteiger partial charge in [0.1, 0.15) is 10.9 Å². The summed E-state index contributed by atoms with van der Waals surface area (Å²) >= 11 is 0.862. The lowest BCUT2D eigenvalue weighted by Crippen LogP contribution is -2.30. The highest BCUT2D eigenvalue weighted by molar-refractivity contribution is 7.16. The molecular weight excluding hydrogens is 332 g/mol. The molecule has 0 saturated carbocycles. The Kier molecular flexibility index (Phi) is 4.75. The van der Waals surface area contributed by atoms with Crippen LogP contribution in [0.3, 0.4) is 0 Å². The van der Waals surface area contributed by atoms with Gasteiger partial charge in [-0.3, -0.25) is 19.1 Å². The lowest BCUT2D eigenvalue weighted by atomic mass is 9.96. The van der Waals surface area contributed by atoms with E-state index in [9.17, 15) is 9.59 Å². The van der Waals surface area contributed by atoms with Crippen molar-refractivity contribution in [3.63, 3.8) is 0 Å². The quantitative estimate of drug-likeness (QED) is 0.841. The monoisotopic (exact) mass is 354 g/mol. The van der Waals surface area contributed by atoms with E-state index in [1.54, 1.807) is 7.11 Å². The topological polar surface area (TPSA) is 112 Å². The lowest BCUT2D eigenvalue weighted by molar-refractivity contribution is -0.0429. The van der Waals surface area contributed by atoms with E-state index in [0.29, 0.717) is 0 Å². The van der Waals surface area contributed by atoms with Gasteiger partial charge in [0.05, 0.1) is 12.2 Å². The fraction of sp³-hybridized carbons (Fsp3) is 0.667. The molecule has 132 valence electrons. The average Bonchev–Trinajstić information content (AvgIpc) is 3.07. The summed E-state index contributed by atoms with van der Waals surface area (Å²) in [5.41, 5.74) is 5.53. The Balaban J connectivity index is 2.12. The van der Waals surface area contributed by atoms with Crippen LogP contribution in [-0.4, -0.2) is 33.9 Å². The van der Waals surface area contributed by atoms with E-state index >= 15 is 0 Å². The second kappa shape index (κ2) is 6.66. The van der Waals surface area contributed by atoms with Gasteiger partial charge in [-0.05, 0) is 19.8 Å². The van der Waals surface area contributed by atoms with E-state index in [-0.39, 0.29) is 39.3 Å². The fourth-order valence-electron chi connectivity index (χ4n) is 3.30. The molecular formula is C15H22N4O4S. The number of fused-ring (bicyclic) bond motifs is 1. The summed E-state index contributed by atoms with van der Waals surface area (Å²) in [4.78, 5) is 30.9. The second-order valence-corrected chi connectivity index (χ2v) is 7.08. The summed E-state index contributed by atoms with van der Waals surface area (Å²) in [7, 11) is 1.64. The van der Waals surface area contributed by atoms with Crippen molar-refractivity contribution in [2.24, 2.45) is 5.92 Å². The zero-order valence-corrected chi connectivity index (χ0v) is 14.8. The number of nitrogens with zero attached hydrogens (tertiary/aromatic N) is 2. The molecule has 0 aliphatic carbocycles. The minimum absolute atomic E-state index is 0.00404. The first kappa shape index (κ1) is 17.1. The minimum atomic E-state index is -0.508. The number of thiazole rings is 1. The SMILES string of the molecule is CCCC1CC(C(C)OC)C(n2c(=O)sc3c(=O)[nH]c(N)nc32)O1. The molecule has 3 rings (SSSR count). The molecule has 24 heavy (non-hydrogen) atoms. The van der Waals surface area contributed by atoms with Gasteiger partial charge in [0.25, 0.3) is 5.56 Å². The summed E-state index contributed by atoms with van der Waals surface area (Å²) in [6.07, 6.45) is 2.18. The van der Waals surface area contributed by atoms with Crippen molar-refractivity contribution in [1.29, 1.82) is 0 Å². The first-order chi connectivity index (χ1) is 11.5. The summed E-state index contributed by atoms with van der Waals surface area (Å²) in [5, 5.41) is 0. The van der Waals surface area contributed by atoms with Crippen LogP contribution in [-0.2, 0) is 9.47 Å². The van der Waals surface area contributed by atoms with Crippen LogP contribution in [0, 0.1) is 5.92 Å². The van der Waals surface area contributed by atoms with E-state index in [4.69, 9.17) is 15.2 Å². The lowest BCUT2D eigenvalue weighted by Gasteiger charge is -2.24. The number of nitrogens with two attached hydrogens (primary N) is 1. The maximum Gasteiger partial charge on any atom is 0.311 e. The van der Waals surface area contributed by atoms with Crippen LogP contribution in [0.1, 0.15) is 39.3 Å². The van der Waals surface area contributed by atoms with Gasteiger partial charge in [-0.2, -0.15) is 4.98 Å². The molecule has 0 amide bonds. The van der Waals surface area contributed by atoms with Gasteiger partial charge in [0.2, 0.25) is 5.95 Å². The molecule has 1 aliphatic rings. The van der Waals surface area contributed by atoms with E-state index in [2.05, 4.69) is 16.9 Å². The zero-order valence-electron chi connectivity index (χ0n) is 13.9. The smallest absolute Gasteiger partial charge is 0.311 e. The Labute approximate surface area is 142 Å². The fourth-order valence-corrected chi connectivity index (χ4v) is 4.14. The van der Waals surface area contributed by atoms with E-state index in [0.717, 1.165) is 30.6 Å². The molecule has 4 unspecified atom stereocenters. The van der Waals surface area contributed by atoms with Crippen LogP contribution >= 0.6 is 11.3 Å². The van der Waals surface area contributed by atoms with Crippen LogP contribution in [0.25, 0.3) is 10.3 Å². The molecule has 2 aromatic rings. The molecule has 9 heteroatoms. The van der Waals surface area contributed by atoms with Crippen LogP contribution in [0.5, 0.6) is 0 Å². The summed E-state index contributed by atoms with van der Waals surface area (Å²) in [6, 6.07) is 0. The predicted molar refractivity (Wildman–Crippen MR) is 92.3 cm³/mol. The molecule has 3 heterocycles. The second-order valence-electron chi connectivity index (χ2n) is 6.12. The molecule has 2 aromatic heterocycles. The highest BCUT2D eigenvalue weighted by atomic mass is 32.1. The van der Waals surface area contributed by atoms with Crippen molar-refractivity contribution in [2.75, 3.05) is 12.8 Å². The number of nitrogens with one attached hydrogen (secondary N) is 1. The molecule has 1 fully saturated rings. The number of aromatic nitrogens is 3. The van der Waals surface area contributed by atoms with E-state index in [1.165, 1.54) is 4.57 Å². The molecule has 8 nitrogen and oxygen atoms in total. The number of aromatic amines is 1. The molecule has 1 aliphatic heterocycles. The third-order valence-corrected chi connectivity index (χ3v) is 5.51. The van der Waals surface area contributed by atoms with Gasteiger partial charge < -0.3 is 15.2 Å². The number of H-pyrrole nitrogens is 1. The van der Waals surface area contributed by atoms with Gasteiger partial charge in [-0.15, -0.1) is 0 Å². The maximum atomic E-state index is 12.5. The van der Waals surface area contributed by atoms with Gasteiger partial charge in [0, 0.05) is 13.0 Å². The van der Waals surface area contributed by atoms with E-state index < -0.39 is 11.8 Å². The maximum absolute atomic E-state index is 12.5. The zero-order chi connectivity index (χ0) is 17.4. The normalized spacial score (nSPS) is 25.4. The van der Waals surface area contributed by atoms with Crippen molar-refractivity contribution < 1.29 is 9.47 Å². The molecule has 0 radical (unpaired) electrons. The van der Waals surface area contributed by atoms with Crippen molar-refractivity contribution >= 4 is 27.6 Å². The number of methoxy groups -OCH3 is 1. The summed E-state index contributed by atoms with van der Waals surface area (Å²) in [6.45, 7) is 4.06. The van der Waals surface area contributed by atoms with Gasteiger partial charge >= 0.3 is 4.87 Å². The Hall–Kier alpha value is -1.71. The highest BCUT2D eigenvalue weighted by Crippen LogP contribution is 2.39. The first-order valence-corrected chi connectivity index (χ1v) is 8.87. The predicted octanol–water partition coefficient (Wildman–Crippen LogP) is 1.47. The molecule has 0 bridgehead atoms. The van der Waals surface area contributed by atoms with Crippen LogP contribution in [0.2, 0.25) is 0 Å². The minimum Gasteiger partial charge on any atom is -0.381 e. The van der Waals surface area contributed by atoms with Crippen molar-refractivity contribution in [3.8, 4) is 0 Å². The number of anilines is 1.